The maximum Gasteiger partial charge on any atom is 0.261 e. The molecule has 0 N–H and O–H groups in total. The maximum atomic E-state index is 11.7. The highest BCUT2D eigenvalue weighted by atomic mass is 16.5. The third kappa shape index (κ3) is 2.21. The van der Waals surface area contributed by atoms with E-state index in [0.29, 0.717) is 18.1 Å². The number of unbranched alkanes of at least 4 members (excludes halogenated alkanes) is 1. The Kier molecular flexibility index (Phi) is 3.19. The van der Waals surface area contributed by atoms with E-state index in [4.69, 9.17) is 4.74 Å². The van der Waals surface area contributed by atoms with Crippen LogP contribution < -0.4 is 10.3 Å². The smallest absolute Gasteiger partial charge is 0.261 e. The van der Waals surface area contributed by atoms with Crippen LogP contribution in [0.3, 0.4) is 0 Å². The summed E-state index contributed by atoms with van der Waals surface area (Å²) in [6, 6.07) is 6.85. The number of aromatic nitrogens is 2. The highest BCUT2D eigenvalue weighted by Gasteiger charge is 2.01. The fraction of sp³-hybridized carbons (Fsp3) is 0.333. The quantitative estimate of drug-likeness (QED) is 0.736. The van der Waals surface area contributed by atoms with Crippen molar-refractivity contribution in [2.45, 2.75) is 19.8 Å². The number of ether oxygens (including phenoxy) is 1. The summed E-state index contributed by atoms with van der Waals surface area (Å²) >= 11 is 0. The van der Waals surface area contributed by atoms with Gasteiger partial charge in [-0.3, -0.25) is 9.20 Å². The lowest BCUT2D eigenvalue weighted by Gasteiger charge is -2.05. The van der Waals surface area contributed by atoms with Crippen LogP contribution in [0.2, 0.25) is 0 Å². The van der Waals surface area contributed by atoms with Crippen molar-refractivity contribution < 1.29 is 4.74 Å². The van der Waals surface area contributed by atoms with Crippen molar-refractivity contribution in [3.05, 3.63) is 40.8 Å². The van der Waals surface area contributed by atoms with E-state index in [-0.39, 0.29) is 5.56 Å². The lowest BCUT2D eigenvalue weighted by atomic mass is 10.4. The van der Waals surface area contributed by atoms with Gasteiger partial charge >= 0.3 is 0 Å². The van der Waals surface area contributed by atoms with Gasteiger partial charge in [0.1, 0.15) is 5.65 Å². The molecule has 0 aliphatic rings. The van der Waals surface area contributed by atoms with Crippen LogP contribution in [0.15, 0.2) is 35.3 Å². The van der Waals surface area contributed by atoms with Crippen molar-refractivity contribution in [3.8, 4) is 5.88 Å². The normalized spacial score (nSPS) is 10.6. The molecule has 16 heavy (non-hydrogen) atoms. The molecule has 0 atom stereocenters. The number of pyridine rings is 1. The average Bonchev–Trinajstić information content (AvgIpc) is 2.30. The Labute approximate surface area is 93.5 Å². The van der Waals surface area contributed by atoms with Crippen LogP contribution >= 0.6 is 0 Å². The number of fused-ring (bicyclic) bond motifs is 1. The summed E-state index contributed by atoms with van der Waals surface area (Å²) in [5.41, 5.74) is 0.499. The predicted molar refractivity (Wildman–Crippen MR) is 61.9 cm³/mol. The van der Waals surface area contributed by atoms with Gasteiger partial charge in [0.25, 0.3) is 5.56 Å². The average molecular weight is 218 g/mol. The van der Waals surface area contributed by atoms with Crippen molar-refractivity contribution >= 4 is 5.65 Å². The number of hydrogen-bond acceptors (Lipinski definition) is 3. The molecular formula is C12H14N2O2. The van der Waals surface area contributed by atoms with Crippen molar-refractivity contribution in [1.82, 2.24) is 9.38 Å². The first-order valence-electron chi connectivity index (χ1n) is 5.42. The topological polar surface area (TPSA) is 43.6 Å². The molecule has 4 nitrogen and oxygen atoms in total. The monoisotopic (exact) mass is 218 g/mol. The molecule has 0 spiro atoms. The number of hydrogen-bond donors (Lipinski definition) is 0. The van der Waals surface area contributed by atoms with E-state index < -0.39 is 0 Å². The fourth-order valence-electron chi connectivity index (χ4n) is 1.43. The van der Waals surface area contributed by atoms with Gasteiger partial charge in [-0.2, -0.15) is 4.98 Å². The van der Waals surface area contributed by atoms with Gasteiger partial charge in [0, 0.05) is 6.20 Å². The zero-order valence-electron chi connectivity index (χ0n) is 9.22. The molecule has 0 unspecified atom stereocenters. The van der Waals surface area contributed by atoms with Gasteiger partial charge in [0.05, 0.1) is 12.7 Å². The molecule has 2 heterocycles. The van der Waals surface area contributed by atoms with Crippen LogP contribution in [0.25, 0.3) is 5.65 Å². The highest BCUT2D eigenvalue weighted by molar-refractivity contribution is 5.39. The lowest BCUT2D eigenvalue weighted by Crippen LogP contribution is -2.14. The van der Waals surface area contributed by atoms with Gasteiger partial charge in [-0.25, -0.2) is 0 Å². The molecule has 4 heteroatoms. The summed E-state index contributed by atoms with van der Waals surface area (Å²) in [6.45, 7) is 2.69. The molecule has 0 aliphatic heterocycles. The SMILES string of the molecule is CCCCOc1cc(=O)n2ccccc2n1. The molecule has 0 bridgehead atoms. The second kappa shape index (κ2) is 4.79. The molecule has 2 aromatic heterocycles. The molecule has 2 rings (SSSR count). The lowest BCUT2D eigenvalue weighted by molar-refractivity contribution is 0.297. The Hall–Kier alpha value is -1.84. The van der Waals surface area contributed by atoms with Crippen molar-refractivity contribution in [2.75, 3.05) is 6.61 Å². The zero-order chi connectivity index (χ0) is 11.4. The summed E-state index contributed by atoms with van der Waals surface area (Å²) in [5, 5.41) is 0. The van der Waals surface area contributed by atoms with E-state index in [1.54, 1.807) is 18.3 Å². The van der Waals surface area contributed by atoms with Gasteiger partial charge in [-0.15, -0.1) is 0 Å². The number of nitrogens with zero attached hydrogens (tertiary/aromatic N) is 2. The van der Waals surface area contributed by atoms with Crippen molar-refractivity contribution in [1.29, 1.82) is 0 Å². The third-order valence-electron chi connectivity index (χ3n) is 2.30. The van der Waals surface area contributed by atoms with E-state index in [2.05, 4.69) is 11.9 Å². The maximum absolute atomic E-state index is 11.7. The molecule has 0 radical (unpaired) electrons. The minimum atomic E-state index is -0.114. The van der Waals surface area contributed by atoms with Crippen molar-refractivity contribution in [3.63, 3.8) is 0 Å². The Morgan fingerprint density at radius 1 is 1.44 bits per heavy atom. The molecule has 0 fully saturated rings. The summed E-state index contributed by atoms with van der Waals surface area (Å²) in [4.78, 5) is 15.9. The molecule has 0 aromatic carbocycles. The molecule has 0 amide bonds. The van der Waals surface area contributed by atoms with E-state index in [0.717, 1.165) is 12.8 Å². The Morgan fingerprint density at radius 2 is 2.31 bits per heavy atom. The van der Waals surface area contributed by atoms with E-state index in [1.165, 1.54) is 10.5 Å². The summed E-state index contributed by atoms with van der Waals surface area (Å²) < 4.78 is 6.90. The van der Waals surface area contributed by atoms with Crippen LogP contribution in [0, 0.1) is 0 Å². The summed E-state index contributed by atoms with van der Waals surface area (Å²) in [5.74, 6) is 0.407. The standard InChI is InChI=1S/C12H14N2O2/c1-2-3-8-16-11-9-12(15)14-7-5-4-6-10(14)13-11/h4-7,9H,2-3,8H2,1H3. The minimum absolute atomic E-state index is 0.114. The number of rotatable bonds is 4. The molecule has 0 saturated carbocycles. The first-order valence-corrected chi connectivity index (χ1v) is 5.42. The Balaban J connectivity index is 2.31. The minimum Gasteiger partial charge on any atom is -0.477 e. The van der Waals surface area contributed by atoms with Crippen LogP contribution in [0.4, 0.5) is 0 Å². The predicted octanol–water partition coefficient (Wildman–Crippen LogP) is 1.87. The highest BCUT2D eigenvalue weighted by Crippen LogP contribution is 2.06. The third-order valence-corrected chi connectivity index (χ3v) is 2.30. The van der Waals surface area contributed by atoms with Gasteiger partial charge in [0.2, 0.25) is 5.88 Å². The molecule has 84 valence electrons. The van der Waals surface area contributed by atoms with Crippen LogP contribution in [-0.2, 0) is 0 Å². The molecule has 2 aromatic rings. The molecule has 0 aliphatic carbocycles. The first kappa shape index (κ1) is 10.7. The Bertz CT molecular complexity index is 534. The van der Waals surface area contributed by atoms with Gasteiger partial charge < -0.3 is 4.74 Å². The van der Waals surface area contributed by atoms with E-state index >= 15 is 0 Å². The Morgan fingerprint density at radius 3 is 3.12 bits per heavy atom. The fourth-order valence-corrected chi connectivity index (χ4v) is 1.43. The van der Waals surface area contributed by atoms with Gasteiger partial charge in [-0.05, 0) is 18.6 Å². The van der Waals surface area contributed by atoms with Crippen LogP contribution in [0.1, 0.15) is 19.8 Å². The molecular weight excluding hydrogens is 204 g/mol. The second-order valence-electron chi connectivity index (χ2n) is 3.56. The zero-order valence-corrected chi connectivity index (χ0v) is 9.22. The summed E-state index contributed by atoms with van der Waals surface area (Å²) in [7, 11) is 0. The second-order valence-corrected chi connectivity index (χ2v) is 3.56. The van der Waals surface area contributed by atoms with Crippen LogP contribution in [0.5, 0.6) is 5.88 Å². The van der Waals surface area contributed by atoms with Crippen molar-refractivity contribution in [2.24, 2.45) is 0 Å². The largest absolute Gasteiger partial charge is 0.477 e. The molecule has 0 saturated heterocycles. The van der Waals surface area contributed by atoms with E-state index in [9.17, 15) is 4.79 Å². The van der Waals surface area contributed by atoms with Crippen LogP contribution in [-0.4, -0.2) is 16.0 Å². The van der Waals surface area contributed by atoms with Gasteiger partial charge in [0.15, 0.2) is 0 Å². The summed E-state index contributed by atoms with van der Waals surface area (Å²) in [6.07, 6.45) is 3.73. The first-order chi connectivity index (χ1) is 7.81. The van der Waals surface area contributed by atoms with E-state index in [1.807, 2.05) is 6.07 Å². The van der Waals surface area contributed by atoms with Gasteiger partial charge in [-0.1, -0.05) is 19.4 Å².